The highest BCUT2D eigenvalue weighted by Gasteiger charge is 2.09. The molecule has 100 valence electrons. The summed E-state index contributed by atoms with van der Waals surface area (Å²) in [6, 6.07) is 5.36. The number of hydrogen-bond donors (Lipinski definition) is 1. The number of allylic oxidation sites excluding steroid dienone is 1. The van der Waals surface area contributed by atoms with E-state index in [1.54, 1.807) is 12.1 Å². The molecule has 5 heteroatoms. The Bertz CT molecular complexity index is 512. The maximum atomic E-state index is 11.3. The van der Waals surface area contributed by atoms with E-state index in [0.717, 1.165) is 25.1 Å². The van der Waals surface area contributed by atoms with Gasteiger partial charge in [-0.2, -0.15) is 0 Å². The van der Waals surface area contributed by atoms with Crippen LogP contribution in [0.4, 0.5) is 5.69 Å². The predicted molar refractivity (Wildman–Crippen MR) is 77.9 cm³/mol. The molecule has 1 N–H and O–H groups in total. The van der Waals surface area contributed by atoms with Gasteiger partial charge in [0.15, 0.2) is 9.84 Å². The fourth-order valence-electron chi connectivity index (χ4n) is 1.56. The third kappa shape index (κ3) is 5.56. The Hall–Kier alpha value is -1.00. The van der Waals surface area contributed by atoms with Crippen molar-refractivity contribution in [1.82, 2.24) is 0 Å². The van der Waals surface area contributed by atoms with Crippen LogP contribution in [0.5, 0.6) is 0 Å². The van der Waals surface area contributed by atoms with E-state index < -0.39 is 9.84 Å². The van der Waals surface area contributed by atoms with Crippen LogP contribution in [0, 0.1) is 0 Å². The highest BCUT2D eigenvalue weighted by molar-refractivity contribution is 7.89. The highest BCUT2D eigenvalue weighted by atomic mass is 35.5. The molecule has 18 heavy (non-hydrogen) atoms. The van der Waals surface area contributed by atoms with Gasteiger partial charge in [-0.05, 0) is 36.6 Å². The molecular weight excluding hydrogens is 270 g/mol. The predicted octanol–water partition coefficient (Wildman–Crippen LogP) is 3.26. The second-order valence-corrected chi connectivity index (χ2v) is 6.78. The molecule has 3 nitrogen and oxygen atoms in total. The van der Waals surface area contributed by atoms with Gasteiger partial charge < -0.3 is 5.32 Å². The maximum absolute atomic E-state index is 11.3. The molecule has 0 aliphatic carbocycles. The topological polar surface area (TPSA) is 46.2 Å². The summed E-state index contributed by atoms with van der Waals surface area (Å²) in [6.07, 6.45) is 5.02. The molecule has 0 aliphatic heterocycles. The van der Waals surface area contributed by atoms with E-state index in [0.29, 0.717) is 10.6 Å². The zero-order valence-corrected chi connectivity index (χ0v) is 12.0. The lowest BCUT2D eigenvalue weighted by atomic mass is 10.2. The summed E-state index contributed by atoms with van der Waals surface area (Å²) in [5.41, 5.74) is 1.52. The monoisotopic (exact) mass is 287 g/mol. The van der Waals surface area contributed by atoms with Crippen molar-refractivity contribution in [2.45, 2.75) is 18.6 Å². The van der Waals surface area contributed by atoms with E-state index in [4.69, 9.17) is 11.6 Å². The molecule has 0 bridgehead atoms. The number of nitrogens with one attached hydrogen (secondary N) is 1. The second kappa shape index (κ2) is 6.81. The Kier molecular flexibility index (Phi) is 5.69. The quantitative estimate of drug-likeness (QED) is 0.618. The van der Waals surface area contributed by atoms with Crippen LogP contribution in [-0.4, -0.2) is 21.2 Å². The summed E-state index contributed by atoms with van der Waals surface area (Å²) >= 11 is 5.98. The van der Waals surface area contributed by atoms with Gasteiger partial charge in [-0.1, -0.05) is 17.7 Å². The van der Waals surface area contributed by atoms with E-state index in [-0.39, 0.29) is 5.75 Å². The summed E-state index contributed by atoms with van der Waals surface area (Å²) in [5, 5.41) is 3.71. The number of benzene rings is 1. The van der Waals surface area contributed by atoms with Gasteiger partial charge in [0.1, 0.15) is 0 Å². The molecule has 1 aromatic rings. The molecule has 0 fully saturated rings. The molecule has 0 unspecified atom stereocenters. The molecule has 0 saturated carbocycles. The van der Waals surface area contributed by atoms with Crippen molar-refractivity contribution in [2.75, 3.05) is 18.1 Å². The van der Waals surface area contributed by atoms with Gasteiger partial charge in [0, 0.05) is 23.5 Å². The molecule has 0 amide bonds. The Labute approximate surface area is 114 Å². The molecule has 1 rings (SSSR count). The van der Waals surface area contributed by atoms with E-state index >= 15 is 0 Å². The van der Waals surface area contributed by atoms with Gasteiger partial charge in [0.05, 0.1) is 5.75 Å². The number of anilines is 1. The second-order valence-electron chi connectivity index (χ2n) is 4.23. The molecular formula is C13H18ClNO2S. The number of rotatable bonds is 7. The van der Waals surface area contributed by atoms with Crippen molar-refractivity contribution in [3.63, 3.8) is 0 Å². The van der Waals surface area contributed by atoms with Gasteiger partial charge >= 0.3 is 0 Å². The zero-order chi connectivity index (χ0) is 13.6. The minimum atomic E-state index is -3.07. The smallest absolute Gasteiger partial charge is 0.151 e. The molecule has 0 saturated heterocycles. The first-order valence-corrected chi connectivity index (χ1v) is 8.17. The Morgan fingerprint density at radius 3 is 2.78 bits per heavy atom. The molecule has 0 radical (unpaired) electrons. The van der Waals surface area contributed by atoms with Crippen molar-refractivity contribution < 1.29 is 8.42 Å². The summed E-state index contributed by atoms with van der Waals surface area (Å²) in [7, 11) is -3.07. The minimum absolute atomic E-state index is 0.0337. The maximum Gasteiger partial charge on any atom is 0.151 e. The van der Waals surface area contributed by atoms with Crippen molar-refractivity contribution >= 4 is 27.1 Å². The standard InChI is InChI=1S/C13H18ClNO2S/c1-3-4-5-8-15-12-6-7-13(14)11(9-12)10-18(2,16)17/h3,6-7,9,15H,1,4-5,8,10H2,2H3. The Morgan fingerprint density at radius 1 is 1.44 bits per heavy atom. The first-order chi connectivity index (χ1) is 8.42. The minimum Gasteiger partial charge on any atom is -0.385 e. The van der Waals surface area contributed by atoms with Crippen molar-refractivity contribution in [3.8, 4) is 0 Å². The lowest BCUT2D eigenvalue weighted by Crippen LogP contribution is -2.04. The number of halogens is 1. The molecule has 0 spiro atoms. The Morgan fingerprint density at radius 2 is 2.17 bits per heavy atom. The first kappa shape index (κ1) is 15.1. The van der Waals surface area contributed by atoms with Crippen LogP contribution in [-0.2, 0) is 15.6 Å². The first-order valence-electron chi connectivity index (χ1n) is 5.73. The lowest BCUT2D eigenvalue weighted by Gasteiger charge is -2.09. The Balaban J connectivity index is 2.71. The van der Waals surface area contributed by atoms with E-state index in [1.165, 1.54) is 6.26 Å². The fraction of sp³-hybridized carbons (Fsp3) is 0.385. The van der Waals surface area contributed by atoms with Crippen LogP contribution < -0.4 is 5.32 Å². The SMILES string of the molecule is C=CCCCNc1ccc(Cl)c(CS(C)(=O)=O)c1. The van der Waals surface area contributed by atoms with Crippen molar-refractivity contribution in [3.05, 3.63) is 41.4 Å². The molecule has 0 heterocycles. The number of unbranched alkanes of at least 4 members (excludes halogenated alkanes) is 1. The van der Waals surface area contributed by atoms with Crippen LogP contribution in [0.3, 0.4) is 0 Å². The van der Waals surface area contributed by atoms with Crippen molar-refractivity contribution in [2.24, 2.45) is 0 Å². The highest BCUT2D eigenvalue weighted by Crippen LogP contribution is 2.22. The summed E-state index contributed by atoms with van der Waals surface area (Å²) < 4.78 is 22.5. The lowest BCUT2D eigenvalue weighted by molar-refractivity contribution is 0.601. The van der Waals surface area contributed by atoms with Gasteiger partial charge in [-0.15, -0.1) is 6.58 Å². The average Bonchev–Trinajstić information content (AvgIpc) is 2.27. The normalized spacial score (nSPS) is 11.2. The summed E-state index contributed by atoms with van der Waals surface area (Å²) in [6.45, 7) is 4.48. The summed E-state index contributed by atoms with van der Waals surface area (Å²) in [4.78, 5) is 0. The van der Waals surface area contributed by atoms with Gasteiger partial charge in [0.2, 0.25) is 0 Å². The number of sulfone groups is 1. The average molecular weight is 288 g/mol. The van der Waals surface area contributed by atoms with E-state index in [1.807, 2.05) is 12.1 Å². The van der Waals surface area contributed by atoms with Crippen LogP contribution in [0.25, 0.3) is 0 Å². The third-order valence-corrected chi connectivity index (χ3v) is 3.58. The molecule has 0 aromatic heterocycles. The van der Waals surface area contributed by atoms with Crippen molar-refractivity contribution in [1.29, 1.82) is 0 Å². The van der Waals surface area contributed by atoms with Gasteiger partial charge in [0.25, 0.3) is 0 Å². The zero-order valence-electron chi connectivity index (χ0n) is 10.4. The van der Waals surface area contributed by atoms with Crippen LogP contribution in [0.1, 0.15) is 18.4 Å². The van der Waals surface area contributed by atoms with Crippen LogP contribution in [0.2, 0.25) is 5.02 Å². The molecule has 0 aliphatic rings. The van der Waals surface area contributed by atoms with E-state index in [2.05, 4.69) is 11.9 Å². The van der Waals surface area contributed by atoms with E-state index in [9.17, 15) is 8.42 Å². The molecule has 0 atom stereocenters. The summed E-state index contributed by atoms with van der Waals surface area (Å²) in [5.74, 6) is -0.0337. The van der Waals surface area contributed by atoms with Gasteiger partial charge in [-0.3, -0.25) is 0 Å². The van der Waals surface area contributed by atoms with Crippen LogP contribution in [0.15, 0.2) is 30.9 Å². The van der Waals surface area contributed by atoms with Gasteiger partial charge in [-0.25, -0.2) is 8.42 Å². The van der Waals surface area contributed by atoms with Crippen LogP contribution >= 0.6 is 11.6 Å². The fourth-order valence-corrected chi connectivity index (χ4v) is 2.62. The largest absolute Gasteiger partial charge is 0.385 e. The number of hydrogen-bond acceptors (Lipinski definition) is 3. The third-order valence-electron chi connectivity index (χ3n) is 2.38. The molecule has 1 aromatic carbocycles.